The molecule has 3 aromatic rings. The molecule has 0 saturated carbocycles. The molecule has 0 bridgehead atoms. The van der Waals surface area contributed by atoms with Gasteiger partial charge in [0.2, 0.25) is 0 Å². The van der Waals surface area contributed by atoms with E-state index < -0.39 is 0 Å². The molecular formula is C19H13N3O. The molecule has 2 N–H and O–H groups in total. The number of pyridine rings is 1. The Bertz CT molecular complexity index is 897. The number of rotatable bonds is 3. The summed E-state index contributed by atoms with van der Waals surface area (Å²) in [5.41, 5.74) is 8.25. The first-order valence-electron chi connectivity index (χ1n) is 7.06. The topological polar surface area (TPSA) is 79.8 Å². The minimum atomic E-state index is -0.187. The molecule has 4 nitrogen and oxygen atoms in total. The predicted molar refractivity (Wildman–Crippen MR) is 88.7 cm³/mol. The number of benzene rings is 2. The Hall–Kier alpha value is -3.45. The third-order valence-corrected chi connectivity index (χ3v) is 3.56. The van der Waals surface area contributed by atoms with E-state index in [0.29, 0.717) is 16.7 Å². The normalized spacial score (nSPS) is 10.0. The Morgan fingerprint density at radius 2 is 1.61 bits per heavy atom. The van der Waals surface area contributed by atoms with Crippen LogP contribution in [0.3, 0.4) is 0 Å². The highest BCUT2D eigenvalue weighted by atomic mass is 16.1. The molecule has 110 valence electrons. The number of nitrogens with two attached hydrogens (primary N) is 1. The number of ketones is 1. The number of nitrogen functional groups attached to an aromatic ring is 1. The van der Waals surface area contributed by atoms with Crippen molar-refractivity contribution in [2.45, 2.75) is 0 Å². The Morgan fingerprint density at radius 3 is 2.22 bits per heavy atom. The summed E-state index contributed by atoms with van der Waals surface area (Å²) >= 11 is 0. The van der Waals surface area contributed by atoms with Crippen molar-refractivity contribution in [1.82, 2.24) is 4.98 Å². The fourth-order valence-corrected chi connectivity index (χ4v) is 2.46. The van der Waals surface area contributed by atoms with Crippen molar-refractivity contribution in [3.8, 4) is 17.2 Å². The summed E-state index contributed by atoms with van der Waals surface area (Å²) in [6.45, 7) is 0. The fraction of sp³-hybridized carbons (Fsp3) is 0. The SMILES string of the molecule is N#Cc1c(N)ncc(C(=O)c2ccccc2)c1-c1ccccc1. The number of nitriles is 1. The standard InChI is InChI=1S/C19H13N3O/c20-11-15-17(13-7-3-1-4-8-13)16(12-22-19(15)21)18(23)14-9-5-2-6-10-14/h1-10,12H,(H2,21,22). The van der Waals surface area contributed by atoms with Gasteiger partial charge in [-0.25, -0.2) is 4.98 Å². The number of anilines is 1. The summed E-state index contributed by atoms with van der Waals surface area (Å²) in [5.74, 6) is -0.0654. The van der Waals surface area contributed by atoms with Crippen LogP contribution >= 0.6 is 0 Å². The quantitative estimate of drug-likeness (QED) is 0.751. The van der Waals surface area contributed by atoms with Gasteiger partial charge in [0.25, 0.3) is 0 Å². The van der Waals surface area contributed by atoms with Gasteiger partial charge in [0.1, 0.15) is 17.5 Å². The van der Waals surface area contributed by atoms with Gasteiger partial charge in [-0.1, -0.05) is 60.7 Å². The predicted octanol–water partition coefficient (Wildman–Crippen LogP) is 3.43. The third-order valence-electron chi connectivity index (χ3n) is 3.56. The first-order valence-corrected chi connectivity index (χ1v) is 7.06. The van der Waals surface area contributed by atoms with E-state index in [0.717, 1.165) is 5.56 Å². The van der Waals surface area contributed by atoms with Gasteiger partial charge >= 0.3 is 0 Å². The van der Waals surface area contributed by atoms with E-state index in [-0.39, 0.29) is 17.2 Å². The average molecular weight is 299 g/mol. The van der Waals surface area contributed by atoms with Gasteiger partial charge in [-0.2, -0.15) is 5.26 Å². The van der Waals surface area contributed by atoms with Gasteiger partial charge in [-0.3, -0.25) is 4.79 Å². The minimum absolute atomic E-state index is 0.121. The second-order valence-corrected chi connectivity index (χ2v) is 4.98. The summed E-state index contributed by atoms with van der Waals surface area (Å²) < 4.78 is 0. The lowest BCUT2D eigenvalue weighted by molar-refractivity contribution is 0.103. The Balaban J connectivity index is 2.26. The maximum Gasteiger partial charge on any atom is 0.195 e. The zero-order chi connectivity index (χ0) is 16.2. The Labute approximate surface area is 133 Å². The third kappa shape index (κ3) is 2.68. The van der Waals surface area contributed by atoms with E-state index >= 15 is 0 Å². The highest BCUT2D eigenvalue weighted by Crippen LogP contribution is 2.31. The molecule has 1 heterocycles. The number of nitrogens with zero attached hydrogens (tertiary/aromatic N) is 2. The number of carbonyl (C=O) groups excluding carboxylic acids is 1. The summed E-state index contributed by atoms with van der Waals surface area (Å²) in [6, 6.07) is 20.2. The number of aromatic nitrogens is 1. The van der Waals surface area contributed by atoms with E-state index in [9.17, 15) is 10.1 Å². The zero-order valence-electron chi connectivity index (χ0n) is 12.2. The van der Waals surface area contributed by atoms with Gasteiger partial charge in [0.05, 0.1) is 5.56 Å². The first-order chi connectivity index (χ1) is 11.2. The first kappa shape index (κ1) is 14.5. The lowest BCUT2D eigenvalue weighted by Gasteiger charge is -2.12. The van der Waals surface area contributed by atoms with Crippen molar-refractivity contribution in [1.29, 1.82) is 5.26 Å². The molecule has 0 radical (unpaired) electrons. The summed E-state index contributed by atoms with van der Waals surface area (Å²) in [7, 11) is 0. The molecule has 1 aromatic heterocycles. The van der Waals surface area contributed by atoms with Crippen molar-refractivity contribution in [3.05, 3.63) is 83.6 Å². The molecule has 0 atom stereocenters. The van der Waals surface area contributed by atoms with Crippen molar-refractivity contribution in [2.24, 2.45) is 0 Å². The van der Waals surface area contributed by atoms with Gasteiger partial charge < -0.3 is 5.73 Å². The minimum Gasteiger partial charge on any atom is -0.383 e. The maximum absolute atomic E-state index is 12.8. The number of carbonyl (C=O) groups is 1. The fourth-order valence-electron chi connectivity index (χ4n) is 2.46. The van der Waals surface area contributed by atoms with Gasteiger partial charge in [0, 0.05) is 17.3 Å². The van der Waals surface area contributed by atoms with Crippen LogP contribution in [-0.2, 0) is 0 Å². The van der Waals surface area contributed by atoms with Crippen molar-refractivity contribution in [3.63, 3.8) is 0 Å². The van der Waals surface area contributed by atoms with Gasteiger partial charge in [0.15, 0.2) is 5.78 Å². The largest absolute Gasteiger partial charge is 0.383 e. The lowest BCUT2D eigenvalue weighted by Crippen LogP contribution is -2.08. The molecule has 3 rings (SSSR count). The lowest BCUT2D eigenvalue weighted by atomic mass is 9.92. The molecular weight excluding hydrogens is 286 g/mol. The highest BCUT2D eigenvalue weighted by Gasteiger charge is 2.20. The second kappa shape index (κ2) is 6.12. The second-order valence-electron chi connectivity index (χ2n) is 4.98. The molecule has 0 fully saturated rings. The van der Waals surface area contributed by atoms with Crippen LogP contribution in [0.25, 0.3) is 11.1 Å². The molecule has 4 heteroatoms. The van der Waals surface area contributed by atoms with Gasteiger partial charge in [-0.15, -0.1) is 0 Å². The van der Waals surface area contributed by atoms with Crippen LogP contribution in [0.1, 0.15) is 21.5 Å². The van der Waals surface area contributed by atoms with Crippen molar-refractivity contribution < 1.29 is 4.79 Å². The van der Waals surface area contributed by atoms with Crippen LogP contribution in [0.4, 0.5) is 5.82 Å². The van der Waals surface area contributed by atoms with Crippen LogP contribution in [-0.4, -0.2) is 10.8 Å². The van der Waals surface area contributed by atoms with E-state index in [1.807, 2.05) is 36.4 Å². The molecule has 23 heavy (non-hydrogen) atoms. The summed E-state index contributed by atoms with van der Waals surface area (Å²) in [4.78, 5) is 16.8. The van der Waals surface area contributed by atoms with E-state index in [1.165, 1.54) is 6.20 Å². The van der Waals surface area contributed by atoms with Crippen LogP contribution in [0.5, 0.6) is 0 Å². The molecule has 0 unspecified atom stereocenters. The Morgan fingerprint density at radius 1 is 1.00 bits per heavy atom. The number of hydrogen-bond acceptors (Lipinski definition) is 4. The smallest absolute Gasteiger partial charge is 0.195 e. The molecule has 0 amide bonds. The monoisotopic (exact) mass is 299 g/mol. The Kier molecular flexibility index (Phi) is 3.86. The van der Waals surface area contributed by atoms with Crippen molar-refractivity contribution in [2.75, 3.05) is 5.73 Å². The molecule has 0 saturated heterocycles. The average Bonchev–Trinajstić information content (AvgIpc) is 2.62. The molecule has 0 aliphatic carbocycles. The molecule has 0 spiro atoms. The van der Waals surface area contributed by atoms with Crippen LogP contribution < -0.4 is 5.73 Å². The zero-order valence-corrected chi connectivity index (χ0v) is 12.2. The maximum atomic E-state index is 12.8. The van der Waals surface area contributed by atoms with Crippen molar-refractivity contribution >= 4 is 11.6 Å². The molecule has 2 aromatic carbocycles. The molecule has 0 aliphatic rings. The van der Waals surface area contributed by atoms with Crippen LogP contribution in [0.2, 0.25) is 0 Å². The van der Waals surface area contributed by atoms with E-state index in [2.05, 4.69) is 11.1 Å². The van der Waals surface area contributed by atoms with Gasteiger partial charge in [-0.05, 0) is 5.56 Å². The number of hydrogen-bond donors (Lipinski definition) is 1. The molecule has 0 aliphatic heterocycles. The summed E-state index contributed by atoms with van der Waals surface area (Å²) in [5, 5.41) is 9.46. The van der Waals surface area contributed by atoms with Crippen LogP contribution in [0.15, 0.2) is 66.9 Å². The summed E-state index contributed by atoms with van der Waals surface area (Å²) in [6.07, 6.45) is 1.44. The highest BCUT2D eigenvalue weighted by molar-refractivity contribution is 6.13. The van der Waals surface area contributed by atoms with E-state index in [1.54, 1.807) is 24.3 Å². The van der Waals surface area contributed by atoms with E-state index in [4.69, 9.17) is 5.73 Å². The van der Waals surface area contributed by atoms with Crippen LogP contribution in [0, 0.1) is 11.3 Å².